The summed E-state index contributed by atoms with van der Waals surface area (Å²) in [6, 6.07) is 4.31. The summed E-state index contributed by atoms with van der Waals surface area (Å²) in [4.78, 5) is 6.92. The van der Waals surface area contributed by atoms with E-state index in [0.29, 0.717) is 0 Å². The Hall–Kier alpha value is -1.09. The molecule has 2 heterocycles. The monoisotopic (exact) mass is 233 g/mol. The number of rotatable bonds is 3. The minimum atomic E-state index is 0.0735. The largest absolute Gasteiger partial charge is 0.370 e. The lowest BCUT2D eigenvalue weighted by Gasteiger charge is -2.32. The highest BCUT2D eigenvalue weighted by Crippen LogP contribution is 2.23. The van der Waals surface area contributed by atoms with Gasteiger partial charge >= 0.3 is 0 Å². The van der Waals surface area contributed by atoms with Crippen molar-refractivity contribution in [3.63, 3.8) is 0 Å². The average Bonchev–Trinajstić information content (AvgIpc) is 2.38. The van der Waals surface area contributed by atoms with E-state index in [1.54, 1.807) is 0 Å². The molecule has 0 aliphatic carbocycles. The summed E-state index contributed by atoms with van der Waals surface area (Å²) < 4.78 is 0. The molecule has 2 atom stereocenters. The van der Waals surface area contributed by atoms with Crippen LogP contribution in [-0.4, -0.2) is 18.1 Å². The lowest BCUT2D eigenvalue weighted by molar-refractivity contribution is 0.446. The second-order valence-corrected chi connectivity index (χ2v) is 5.15. The van der Waals surface area contributed by atoms with E-state index in [9.17, 15) is 0 Å². The molecule has 0 bridgehead atoms. The van der Waals surface area contributed by atoms with Gasteiger partial charge in [0.15, 0.2) is 0 Å². The summed E-state index contributed by atoms with van der Waals surface area (Å²) in [5, 5.41) is 0. The predicted molar refractivity (Wildman–Crippen MR) is 72.1 cm³/mol. The van der Waals surface area contributed by atoms with Crippen LogP contribution in [0.3, 0.4) is 0 Å². The lowest BCUT2D eigenvalue weighted by Crippen LogP contribution is -2.34. The van der Waals surface area contributed by atoms with E-state index in [2.05, 4.69) is 35.9 Å². The molecule has 94 valence electrons. The van der Waals surface area contributed by atoms with Crippen molar-refractivity contribution in [2.45, 2.75) is 39.2 Å². The molecule has 0 radical (unpaired) electrons. The minimum Gasteiger partial charge on any atom is -0.370 e. The molecule has 0 saturated carbocycles. The molecule has 3 nitrogen and oxygen atoms in total. The Balaban J connectivity index is 2.06. The highest BCUT2D eigenvalue weighted by Gasteiger charge is 2.17. The number of hydrogen-bond acceptors (Lipinski definition) is 3. The van der Waals surface area contributed by atoms with Crippen LogP contribution in [0.2, 0.25) is 0 Å². The number of piperidine rings is 1. The summed E-state index contributed by atoms with van der Waals surface area (Å²) >= 11 is 0. The Labute approximate surface area is 104 Å². The van der Waals surface area contributed by atoms with Gasteiger partial charge in [-0.2, -0.15) is 0 Å². The first-order valence-electron chi connectivity index (χ1n) is 6.67. The maximum absolute atomic E-state index is 5.97. The van der Waals surface area contributed by atoms with Crippen molar-refractivity contribution in [2.24, 2.45) is 11.7 Å². The van der Waals surface area contributed by atoms with Crippen LogP contribution in [0.15, 0.2) is 18.3 Å². The first-order valence-corrected chi connectivity index (χ1v) is 6.67. The molecule has 2 rings (SSSR count). The third-order valence-electron chi connectivity index (χ3n) is 3.61. The van der Waals surface area contributed by atoms with Crippen molar-refractivity contribution in [3.8, 4) is 0 Å². The lowest BCUT2D eigenvalue weighted by atomic mass is 10.00. The van der Waals surface area contributed by atoms with Gasteiger partial charge in [0, 0.05) is 19.1 Å². The molecule has 1 fully saturated rings. The quantitative estimate of drug-likeness (QED) is 0.873. The fourth-order valence-corrected chi connectivity index (χ4v) is 2.44. The van der Waals surface area contributed by atoms with Crippen LogP contribution < -0.4 is 10.6 Å². The van der Waals surface area contributed by atoms with Gasteiger partial charge in [-0.25, -0.2) is 0 Å². The second-order valence-electron chi connectivity index (χ2n) is 5.15. The van der Waals surface area contributed by atoms with Gasteiger partial charge in [-0.15, -0.1) is 0 Å². The topological polar surface area (TPSA) is 42.1 Å². The van der Waals surface area contributed by atoms with E-state index in [1.165, 1.54) is 18.5 Å². The number of anilines is 1. The van der Waals surface area contributed by atoms with E-state index in [1.807, 2.05) is 6.20 Å². The van der Waals surface area contributed by atoms with Gasteiger partial charge in [-0.1, -0.05) is 13.8 Å². The zero-order valence-corrected chi connectivity index (χ0v) is 10.9. The Morgan fingerprint density at radius 3 is 2.94 bits per heavy atom. The van der Waals surface area contributed by atoms with Gasteiger partial charge in [0.1, 0.15) is 0 Å². The second kappa shape index (κ2) is 5.50. The summed E-state index contributed by atoms with van der Waals surface area (Å²) in [6.07, 6.45) is 5.55. The molecule has 1 saturated heterocycles. The molecule has 1 aliphatic rings. The van der Waals surface area contributed by atoms with E-state index in [-0.39, 0.29) is 6.04 Å². The summed E-state index contributed by atoms with van der Waals surface area (Å²) in [7, 11) is 0. The Morgan fingerprint density at radius 2 is 2.35 bits per heavy atom. The number of pyridine rings is 1. The summed E-state index contributed by atoms with van der Waals surface area (Å²) in [6.45, 7) is 6.72. The molecule has 1 unspecified atom stereocenters. The fourth-order valence-electron chi connectivity index (χ4n) is 2.44. The van der Waals surface area contributed by atoms with Crippen molar-refractivity contribution in [1.82, 2.24) is 4.98 Å². The first kappa shape index (κ1) is 12.4. The highest BCUT2D eigenvalue weighted by atomic mass is 15.1. The third-order valence-corrected chi connectivity index (χ3v) is 3.61. The molecule has 1 aromatic rings. The number of nitrogens with zero attached hydrogens (tertiary/aromatic N) is 2. The molecule has 3 heteroatoms. The normalized spacial score (nSPS) is 22.5. The third kappa shape index (κ3) is 2.97. The van der Waals surface area contributed by atoms with Crippen molar-refractivity contribution in [1.29, 1.82) is 0 Å². The van der Waals surface area contributed by atoms with Crippen LogP contribution in [-0.2, 0) is 0 Å². The smallest absolute Gasteiger partial charge is 0.0572 e. The van der Waals surface area contributed by atoms with Gasteiger partial charge in [-0.3, -0.25) is 4.98 Å². The van der Waals surface area contributed by atoms with Crippen LogP contribution in [0.25, 0.3) is 0 Å². The maximum Gasteiger partial charge on any atom is 0.0572 e. The van der Waals surface area contributed by atoms with Crippen LogP contribution in [0.5, 0.6) is 0 Å². The number of nitrogens with two attached hydrogens (primary N) is 1. The summed E-state index contributed by atoms with van der Waals surface area (Å²) in [5.74, 6) is 0.793. The summed E-state index contributed by atoms with van der Waals surface area (Å²) in [5.41, 5.74) is 8.21. The van der Waals surface area contributed by atoms with Crippen molar-refractivity contribution in [3.05, 3.63) is 24.0 Å². The maximum atomic E-state index is 5.97. The van der Waals surface area contributed by atoms with Crippen LogP contribution in [0.4, 0.5) is 5.69 Å². The van der Waals surface area contributed by atoms with E-state index < -0.39 is 0 Å². The molecule has 0 amide bonds. The molecule has 1 aliphatic heterocycles. The Kier molecular flexibility index (Phi) is 4.00. The average molecular weight is 233 g/mol. The molecule has 0 aromatic carbocycles. The molecule has 1 aromatic heterocycles. The van der Waals surface area contributed by atoms with Gasteiger partial charge in [0.25, 0.3) is 0 Å². The van der Waals surface area contributed by atoms with E-state index in [0.717, 1.165) is 31.1 Å². The zero-order valence-electron chi connectivity index (χ0n) is 10.9. The van der Waals surface area contributed by atoms with Gasteiger partial charge in [-0.05, 0) is 37.3 Å². The zero-order chi connectivity index (χ0) is 12.3. The Bertz CT molecular complexity index is 347. The molecule has 17 heavy (non-hydrogen) atoms. The minimum absolute atomic E-state index is 0.0735. The van der Waals surface area contributed by atoms with E-state index >= 15 is 0 Å². The van der Waals surface area contributed by atoms with Crippen LogP contribution in [0.1, 0.15) is 44.8 Å². The SMILES string of the molecule is CC[C@H](N)c1ccc(N2CCCC(C)C2)cn1. The first-order chi connectivity index (χ1) is 8.20. The molecule has 2 N–H and O–H groups in total. The van der Waals surface area contributed by atoms with Crippen molar-refractivity contribution in [2.75, 3.05) is 18.0 Å². The van der Waals surface area contributed by atoms with Crippen molar-refractivity contribution >= 4 is 5.69 Å². The van der Waals surface area contributed by atoms with Gasteiger partial charge in [0.2, 0.25) is 0 Å². The number of hydrogen-bond donors (Lipinski definition) is 1. The molecular formula is C14H23N3. The predicted octanol–water partition coefficient (Wildman–Crippen LogP) is 2.73. The number of aromatic nitrogens is 1. The van der Waals surface area contributed by atoms with Gasteiger partial charge < -0.3 is 10.6 Å². The van der Waals surface area contributed by atoms with E-state index in [4.69, 9.17) is 5.73 Å². The standard InChI is InChI=1S/C14H23N3/c1-3-13(15)14-7-6-12(9-16-14)17-8-4-5-11(2)10-17/h6-7,9,11,13H,3-5,8,10,15H2,1-2H3/t11?,13-/m0/s1. The molecular weight excluding hydrogens is 210 g/mol. The van der Waals surface area contributed by atoms with Gasteiger partial charge in [0.05, 0.1) is 17.6 Å². The van der Waals surface area contributed by atoms with Crippen LogP contribution in [0, 0.1) is 5.92 Å². The highest BCUT2D eigenvalue weighted by molar-refractivity contribution is 5.45. The fraction of sp³-hybridized carbons (Fsp3) is 0.643. The van der Waals surface area contributed by atoms with Crippen molar-refractivity contribution < 1.29 is 0 Å². The molecule has 0 spiro atoms. The van der Waals surface area contributed by atoms with Crippen LogP contribution >= 0.6 is 0 Å². The Morgan fingerprint density at radius 1 is 1.53 bits per heavy atom.